The van der Waals surface area contributed by atoms with Crippen LogP contribution in [0, 0.1) is 12.8 Å². The zero-order valence-electron chi connectivity index (χ0n) is 47.7. The predicted molar refractivity (Wildman–Crippen MR) is 302 cm³/mol. The van der Waals surface area contributed by atoms with Gasteiger partial charge >= 0.3 is 17.9 Å². The minimum absolute atomic E-state index is 0.0117. The van der Waals surface area contributed by atoms with Gasteiger partial charge in [0.2, 0.25) is 11.8 Å². The number of hydrogen-bond acceptors (Lipinski definition) is 16. The Morgan fingerprint density at radius 1 is 0.613 bits per heavy atom. The lowest BCUT2D eigenvalue weighted by Gasteiger charge is -2.15. The number of benzene rings is 1. The third-order valence-corrected chi connectivity index (χ3v) is 14.7. The second-order valence-corrected chi connectivity index (χ2v) is 22.6. The molecule has 1 aliphatic heterocycles. The Labute approximate surface area is 473 Å². The molecule has 0 saturated carbocycles. The van der Waals surface area contributed by atoms with Crippen molar-refractivity contribution >= 4 is 68.5 Å². The summed E-state index contributed by atoms with van der Waals surface area (Å²) < 4.78 is 35.3. The molecule has 0 bridgehead atoms. The molecule has 0 radical (unpaired) electrons. The Kier molecular flexibility index (Phi) is 40.5. The molecule has 1 aliphatic rings. The molecular weight excluding hydrogens is 1060 g/mol. The molecule has 0 spiro atoms. The van der Waals surface area contributed by atoms with Crippen LogP contribution in [0.5, 0.6) is 0 Å². The normalized spacial score (nSPS) is 13.0. The first-order valence-electron chi connectivity index (χ1n) is 28.7. The van der Waals surface area contributed by atoms with Crippen molar-refractivity contribution in [3.8, 4) is 0 Å². The standard InChI is InChI=1S/C32H54N4O9S.C25H38N2O7/c1-25(31(40)41)34-30(39)20-19-26(32(42)43)22-28(37)18-15-21-46(44,45)24-29(38)17-14-12-10-8-6-4-2-3-5-7-9-11-13-16-27-23-33-36-35-27;1-3-7-21(28)8-6-15-33-16-17-34-18-23(29)27-22(25(31)32)9-4-5-14-26-24(30)20-12-10-19(2)11-13-20/h25-26H,2-24H2,1H3,(H,34,39)(H,40,41)(H,42,43);10-13,22H,3-9,14-18H2,1-2H3,(H,26,30)(H,27,29)(H,31,32). The van der Waals surface area contributed by atoms with Gasteiger partial charge in [-0.1, -0.05) is 95.2 Å². The lowest BCUT2D eigenvalue weighted by Crippen LogP contribution is -2.42. The molecule has 6 N–H and O–H groups in total. The van der Waals surface area contributed by atoms with Crippen molar-refractivity contribution < 1.29 is 76.4 Å². The molecule has 0 fully saturated rings. The van der Waals surface area contributed by atoms with Gasteiger partial charge < -0.3 is 40.7 Å². The lowest BCUT2D eigenvalue weighted by molar-refractivity contribution is -0.145. The first-order chi connectivity index (χ1) is 38.2. The van der Waals surface area contributed by atoms with Crippen LogP contribution in [0.2, 0.25) is 0 Å². The Morgan fingerprint density at radius 2 is 1.21 bits per heavy atom. The highest BCUT2D eigenvalue weighted by Gasteiger charge is 2.25. The molecule has 3 unspecified atom stereocenters. The monoisotopic (exact) mass is 1150 g/mol. The summed E-state index contributed by atoms with van der Waals surface area (Å²) in [5, 5.41) is 46.5. The molecule has 0 saturated heterocycles. The zero-order valence-corrected chi connectivity index (χ0v) is 48.5. The van der Waals surface area contributed by atoms with Gasteiger partial charge in [-0.2, -0.15) is 5.11 Å². The lowest BCUT2D eigenvalue weighted by atomic mass is 9.95. The number of aliphatic carboxylic acids is 3. The van der Waals surface area contributed by atoms with Gasteiger partial charge in [0.25, 0.3) is 5.91 Å². The van der Waals surface area contributed by atoms with Crippen LogP contribution in [0.3, 0.4) is 0 Å². The molecule has 0 aliphatic carbocycles. The van der Waals surface area contributed by atoms with Gasteiger partial charge in [0.15, 0.2) is 9.84 Å². The van der Waals surface area contributed by atoms with Crippen molar-refractivity contribution in [1.29, 1.82) is 0 Å². The Bertz CT molecular complexity index is 2200. The van der Waals surface area contributed by atoms with E-state index in [1.165, 1.54) is 64.7 Å². The minimum atomic E-state index is -3.66. The van der Waals surface area contributed by atoms with E-state index in [2.05, 4.69) is 31.4 Å². The van der Waals surface area contributed by atoms with E-state index in [1.807, 2.05) is 26.0 Å². The Morgan fingerprint density at radius 3 is 1.80 bits per heavy atom. The summed E-state index contributed by atoms with van der Waals surface area (Å²) >= 11 is 0. The van der Waals surface area contributed by atoms with Crippen LogP contribution in [0.4, 0.5) is 0 Å². The second-order valence-electron chi connectivity index (χ2n) is 20.5. The van der Waals surface area contributed by atoms with Gasteiger partial charge in [-0.15, -0.1) is 5.10 Å². The van der Waals surface area contributed by atoms with Crippen molar-refractivity contribution in [2.24, 2.45) is 21.4 Å². The molecule has 1 aromatic rings. The number of amides is 3. The quantitative estimate of drug-likeness (QED) is 0.0336. The van der Waals surface area contributed by atoms with Gasteiger partial charge in [0, 0.05) is 57.2 Å². The maximum absolute atomic E-state index is 12.3. The molecule has 0 aromatic heterocycles. The van der Waals surface area contributed by atoms with E-state index in [4.69, 9.17) is 14.6 Å². The summed E-state index contributed by atoms with van der Waals surface area (Å²) in [4.78, 5) is 105. The largest absolute Gasteiger partial charge is 0.481 e. The Hall–Kier alpha value is -5.81. The number of carbonyl (C=O) groups excluding carboxylic acids is 6. The number of Topliss-reactive ketones (excluding diaryl/α,β-unsaturated/α-hetero) is 3. The fraction of sp³-hybridized carbons (Fsp3) is 0.719. The predicted octanol–water partition coefficient (Wildman–Crippen LogP) is 8.10. The Balaban J connectivity index is 0.000000837. The zero-order chi connectivity index (χ0) is 59.4. The SMILES string of the molecule is CC(NC(=O)CCC(CC(=O)CCCS(=O)(=O)CC(=O)CCCCCCCCCCCCCCCC1=NN=NC1)C(=O)O)C(=O)O.CCCC(=O)CCCOCCOCC(=O)NC(CCCCNC(=O)c1ccc(C)cc1)C(=O)O. The van der Waals surface area contributed by atoms with Gasteiger partial charge in [0.05, 0.1) is 30.6 Å². The van der Waals surface area contributed by atoms with E-state index >= 15 is 0 Å². The fourth-order valence-electron chi connectivity index (χ4n) is 8.35. The number of carboxylic acid groups (broad SMARTS) is 3. The second kappa shape index (κ2) is 44.9. The third kappa shape index (κ3) is 39.5. The van der Waals surface area contributed by atoms with Crippen molar-refractivity contribution in [3.05, 3.63) is 35.4 Å². The first-order valence-corrected chi connectivity index (χ1v) is 30.5. The molecule has 2 rings (SSSR count). The minimum Gasteiger partial charge on any atom is -0.481 e. The molecule has 23 heteroatoms. The molecule has 452 valence electrons. The van der Waals surface area contributed by atoms with E-state index in [9.17, 15) is 61.8 Å². The molecule has 3 atom stereocenters. The number of ketones is 3. The summed E-state index contributed by atoms with van der Waals surface area (Å²) in [5.74, 6) is -7.48. The molecule has 80 heavy (non-hydrogen) atoms. The molecular formula is C57H92N6O16S. The van der Waals surface area contributed by atoms with E-state index < -0.39 is 69.1 Å². The first kappa shape index (κ1) is 72.2. The highest BCUT2D eigenvalue weighted by atomic mass is 32.2. The summed E-state index contributed by atoms with van der Waals surface area (Å²) in [6.07, 6.45) is 19.1. The number of nitrogens with zero attached hydrogens (tertiary/aromatic N) is 3. The average molecular weight is 1150 g/mol. The maximum atomic E-state index is 12.3. The molecule has 1 heterocycles. The van der Waals surface area contributed by atoms with Crippen molar-refractivity contribution in [3.63, 3.8) is 0 Å². The van der Waals surface area contributed by atoms with Crippen LogP contribution in [-0.4, -0.2) is 146 Å². The number of carbonyl (C=O) groups is 9. The number of hydrogen-bond donors (Lipinski definition) is 6. The number of sulfone groups is 1. The summed E-state index contributed by atoms with van der Waals surface area (Å²) in [5.41, 5.74) is 2.75. The van der Waals surface area contributed by atoms with Gasteiger partial charge in [0.1, 0.15) is 48.3 Å². The van der Waals surface area contributed by atoms with Crippen LogP contribution in [0.25, 0.3) is 0 Å². The van der Waals surface area contributed by atoms with Gasteiger partial charge in [-0.05, 0) is 95.4 Å². The number of nitrogens with one attached hydrogen (secondary N) is 3. The smallest absolute Gasteiger partial charge is 0.326 e. The number of rotatable bonds is 49. The topological polar surface area (TPSA) is 340 Å². The van der Waals surface area contributed by atoms with E-state index in [1.54, 1.807) is 12.1 Å². The van der Waals surface area contributed by atoms with Crippen molar-refractivity contribution in [1.82, 2.24) is 16.0 Å². The number of aryl methyl sites for hydroxylation is 1. The number of ether oxygens (including phenoxy) is 2. The molecule has 3 amide bonds. The average Bonchev–Trinajstić information content (AvgIpc) is 3.92. The van der Waals surface area contributed by atoms with Crippen LogP contribution in [0.1, 0.15) is 203 Å². The van der Waals surface area contributed by atoms with E-state index in [0.29, 0.717) is 70.4 Å². The van der Waals surface area contributed by atoms with E-state index in [-0.39, 0.29) is 81.4 Å². The molecule has 1 aromatic carbocycles. The van der Waals surface area contributed by atoms with Crippen molar-refractivity contribution in [2.45, 2.75) is 206 Å². The molecule has 22 nitrogen and oxygen atoms in total. The van der Waals surface area contributed by atoms with E-state index in [0.717, 1.165) is 43.4 Å². The van der Waals surface area contributed by atoms with Crippen molar-refractivity contribution in [2.75, 3.05) is 51.0 Å². The number of carboxylic acids is 3. The highest BCUT2D eigenvalue weighted by molar-refractivity contribution is 7.92. The highest BCUT2D eigenvalue weighted by Crippen LogP contribution is 2.17. The summed E-state index contributed by atoms with van der Waals surface area (Å²) in [6.45, 7) is 6.98. The third-order valence-electron chi connectivity index (χ3n) is 13.0. The van der Waals surface area contributed by atoms with Crippen LogP contribution >= 0.6 is 0 Å². The fourth-order valence-corrected chi connectivity index (χ4v) is 9.71. The van der Waals surface area contributed by atoms with Crippen LogP contribution in [-0.2, 0) is 57.7 Å². The van der Waals surface area contributed by atoms with Gasteiger partial charge in [-0.3, -0.25) is 38.4 Å². The van der Waals surface area contributed by atoms with Crippen LogP contribution in [0.15, 0.2) is 39.7 Å². The summed E-state index contributed by atoms with van der Waals surface area (Å²) in [7, 11) is -3.66. The van der Waals surface area contributed by atoms with Gasteiger partial charge in [-0.25, -0.2) is 13.2 Å². The summed E-state index contributed by atoms with van der Waals surface area (Å²) in [6, 6.07) is 5.11. The van der Waals surface area contributed by atoms with Crippen LogP contribution < -0.4 is 16.0 Å². The number of unbranched alkanes of at least 4 members (excludes halogenated alkanes) is 13. The maximum Gasteiger partial charge on any atom is 0.326 e.